The fraction of sp³-hybridized carbons (Fsp3) is 0.875. The normalized spacial score (nSPS) is 43.4. The molecule has 1 saturated heterocycles. The fourth-order valence-electron chi connectivity index (χ4n) is 2.23. The molecule has 3 nitrogen and oxygen atoms in total. The van der Waals surface area contributed by atoms with E-state index < -0.39 is 0 Å². The number of rotatable bonds is 0. The lowest BCUT2D eigenvalue weighted by molar-refractivity contribution is -0.121. The Kier molecular flexibility index (Phi) is 1.60. The van der Waals surface area contributed by atoms with Crippen LogP contribution in [0, 0.1) is 11.8 Å². The van der Waals surface area contributed by atoms with Gasteiger partial charge in [-0.05, 0) is 24.7 Å². The molecule has 1 saturated carbocycles. The van der Waals surface area contributed by atoms with E-state index in [1.54, 1.807) is 0 Å². The molecule has 11 heavy (non-hydrogen) atoms. The Labute approximate surface area is 66.3 Å². The molecule has 0 aromatic heterocycles. The van der Waals surface area contributed by atoms with Crippen LogP contribution in [-0.2, 0) is 4.79 Å². The van der Waals surface area contributed by atoms with Crippen molar-refractivity contribution in [1.29, 1.82) is 0 Å². The zero-order valence-electron chi connectivity index (χ0n) is 6.55. The molecule has 0 aromatic rings. The highest BCUT2D eigenvalue weighted by molar-refractivity contribution is 5.76. The Hall–Kier alpha value is -0.570. The van der Waals surface area contributed by atoms with Crippen molar-refractivity contribution in [3.63, 3.8) is 0 Å². The molecule has 1 aliphatic heterocycles. The Morgan fingerprint density at radius 1 is 1.36 bits per heavy atom. The molecule has 3 unspecified atom stereocenters. The molecule has 2 rings (SSSR count). The maximum atomic E-state index is 11.1. The smallest absolute Gasteiger partial charge is 0.220 e. The molecule has 1 amide bonds. The summed E-state index contributed by atoms with van der Waals surface area (Å²) in [6, 6.07) is 0.272. The van der Waals surface area contributed by atoms with Gasteiger partial charge in [0.05, 0.1) is 0 Å². The molecule has 0 spiro atoms. The maximum absolute atomic E-state index is 11.1. The predicted octanol–water partition coefficient (Wildman–Crippen LogP) is -0.140. The molecule has 62 valence electrons. The summed E-state index contributed by atoms with van der Waals surface area (Å²) >= 11 is 0. The summed E-state index contributed by atoms with van der Waals surface area (Å²) in [5.41, 5.74) is 5.95. The van der Waals surface area contributed by atoms with E-state index in [2.05, 4.69) is 5.32 Å². The number of carbonyl (C=O) groups is 1. The first-order valence-electron chi connectivity index (χ1n) is 4.29. The molecule has 0 aromatic carbocycles. The second kappa shape index (κ2) is 2.48. The van der Waals surface area contributed by atoms with Crippen molar-refractivity contribution in [2.75, 3.05) is 6.54 Å². The molecule has 2 bridgehead atoms. The zero-order chi connectivity index (χ0) is 7.84. The van der Waals surface area contributed by atoms with Crippen molar-refractivity contribution in [1.82, 2.24) is 5.32 Å². The van der Waals surface area contributed by atoms with Crippen molar-refractivity contribution in [3.8, 4) is 0 Å². The van der Waals surface area contributed by atoms with Crippen molar-refractivity contribution >= 4 is 5.91 Å². The van der Waals surface area contributed by atoms with Crippen LogP contribution < -0.4 is 11.1 Å². The van der Waals surface area contributed by atoms with E-state index in [-0.39, 0.29) is 11.9 Å². The summed E-state index contributed by atoms with van der Waals surface area (Å²) in [5, 5.41) is 2.89. The van der Waals surface area contributed by atoms with Gasteiger partial charge in [0.2, 0.25) is 5.91 Å². The van der Waals surface area contributed by atoms with Gasteiger partial charge in [0.15, 0.2) is 0 Å². The van der Waals surface area contributed by atoms with Crippen LogP contribution in [0.3, 0.4) is 0 Å². The van der Waals surface area contributed by atoms with E-state index in [9.17, 15) is 4.79 Å². The second-order valence-electron chi connectivity index (χ2n) is 3.68. The number of nitrogens with one attached hydrogen (secondary N) is 1. The Morgan fingerprint density at radius 2 is 2.09 bits per heavy atom. The molecule has 1 heterocycles. The van der Waals surface area contributed by atoms with Crippen LogP contribution in [-0.4, -0.2) is 18.5 Å². The largest absolute Gasteiger partial charge is 0.356 e. The van der Waals surface area contributed by atoms with Crippen molar-refractivity contribution in [3.05, 3.63) is 0 Å². The highest BCUT2D eigenvalue weighted by Crippen LogP contribution is 2.33. The quantitative estimate of drug-likeness (QED) is 0.510. The van der Waals surface area contributed by atoms with Gasteiger partial charge in [0.25, 0.3) is 0 Å². The highest BCUT2D eigenvalue weighted by atomic mass is 16.1. The van der Waals surface area contributed by atoms with E-state index in [0.717, 1.165) is 13.0 Å². The second-order valence-corrected chi connectivity index (χ2v) is 3.68. The molecule has 2 fully saturated rings. The SMILES string of the molecule is NC1C2CCC1CC(=O)NC2. The van der Waals surface area contributed by atoms with E-state index in [1.165, 1.54) is 6.42 Å². The first-order chi connectivity index (χ1) is 5.27. The van der Waals surface area contributed by atoms with E-state index in [1.807, 2.05) is 0 Å². The van der Waals surface area contributed by atoms with Crippen LogP contribution in [0.5, 0.6) is 0 Å². The average Bonchev–Trinajstić information content (AvgIpc) is 2.20. The summed E-state index contributed by atoms with van der Waals surface area (Å²) in [6.07, 6.45) is 3.00. The van der Waals surface area contributed by atoms with Crippen LogP contribution in [0.2, 0.25) is 0 Å². The van der Waals surface area contributed by atoms with Crippen molar-refractivity contribution in [2.24, 2.45) is 17.6 Å². The average molecular weight is 154 g/mol. The van der Waals surface area contributed by atoms with Gasteiger partial charge in [-0.1, -0.05) is 0 Å². The van der Waals surface area contributed by atoms with E-state index in [4.69, 9.17) is 5.73 Å². The molecule has 3 atom stereocenters. The zero-order valence-corrected chi connectivity index (χ0v) is 6.55. The van der Waals surface area contributed by atoms with Crippen LogP contribution >= 0.6 is 0 Å². The van der Waals surface area contributed by atoms with Gasteiger partial charge >= 0.3 is 0 Å². The number of fused-ring (bicyclic) bond motifs is 2. The minimum absolute atomic E-state index is 0.188. The van der Waals surface area contributed by atoms with Gasteiger partial charge in [-0.15, -0.1) is 0 Å². The minimum Gasteiger partial charge on any atom is -0.356 e. The lowest BCUT2D eigenvalue weighted by Crippen LogP contribution is -2.33. The summed E-state index contributed by atoms with van der Waals surface area (Å²) < 4.78 is 0. The maximum Gasteiger partial charge on any atom is 0.220 e. The third-order valence-electron chi connectivity index (χ3n) is 3.01. The van der Waals surface area contributed by atoms with Gasteiger partial charge in [0, 0.05) is 19.0 Å². The lowest BCUT2D eigenvalue weighted by Gasteiger charge is -2.14. The number of carbonyl (C=O) groups excluding carboxylic acids is 1. The third-order valence-corrected chi connectivity index (χ3v) is 3.01. The topological polar surface area (TPSA) is 55.1 Å². The van der Waals surface area contributed by atoms with Crippen molar-refractivity contribution in [2.45, 2.75) is 25.3 Å². The number of hydrogen-bond acceptors (Lipinski definition) is 2. The summed E-state index contributed by atoms with van der Waals surface area (Å²) in [5.74, 6) is 1.20. The molecule has 3 N–H and O–H groups in total. The van der Waals surface area contributed by atoms with Gasteiger partial charge < -0.3 is 11.1 Å². The number of hydrogen-bond donors (Lipinski definition) is 2. The van der Waals surface area contributed by atoms with Gasteiger partial charge in [-0.3, -0.25) is 4.79 Å². The third kappa shape index (κ3) is 1.13. The van der Waals surface area contributed by atoms with Crippen LogP contribution in [0.25, 0.3) is 0 Å². The monoisotopic (exact) mass is 154 g/mol. The summed E-state index contributed by atoms with van der Waals surface area (Å²) in [7, 11) is 0. The van der Waals surface area contributed by atoms with Gasteiger partial charge in [0.1, 0.15) is 0 Å². The summed E-state index contributed by atoms with van der Waals surface area (Å²) in [6.45, 7) is 0.802. The first-order valence-corrected chi connectivity index (χ1v) is 4.29. The van der Waals surface area contributed by atoms with Gasteiger partial charge in [-0.2, -0.15) is 0 Å². The molecular formula is C8H14N2O. The fourth-order valence-corrected chi connectivity index (χ4v) is 2.23. The lowest BCUT2D eigenvalue weighted by atomic mass is 9.98. The number of nitrogens with two attached hydrogens (primary N) is 1. The van der Waals surface area contributed by atoms with Gasteiger partial charge in [-0.25, -0.2) is 0 Å². The molecule has 1 aliphatic carbocycles. The molecule has 2 aliphatic rings. The standard InChI is InChI=1S/C8H14N2O/c9-8-5-1-2-6(8)4-10-7(11)3-5/h5-6,8H,1-4,9H2,(H,10,11). The van der Waals surface area contributed by atoms with E-state index in [0.29, 0.717) is 18.3 Å². The Morgan fingerprint density at radius 3 is 2.91 bits per heavy atom. The van der Waals surface area contributed by atoms with Crippen LogP contribution in [0.4, 0.5) is 0 Å². The number of amides is 1. The first kappa shape index (κ1) is 7.10. The van der Waals surface area contributed by atoms with Crippen LogP contribution in [0.1, 0.15) is 19.3 Å². The highest BCUT2D eigenvalue weighted by Gasteiger charge is 2.36. The predicted molar refractivity (Wildman–Crippen MR) is 41.8 cm³/mol. The molecular weight excluding hydrogens is 140 g/mol. The molecule has 3 heteroatoms. The Balaban J connectivity index is 2.13. The molecule has 0 radical (unpaired) electrons. The Bertz CT molecular complexity index is 181. The van der Waals surface area contributed by atoms with Crippen LogP contribution in [0.15, 0.2) is 0 Å². The summed E-state index contributed by atoms with van der Waals surface area (Å²) in [4.78, 5) is 11.1. The van der Waals surface area contributed by atoms with Crippen molar-refractivity contribution < 1.29 is 4.79 Å². The minimum atomic E-state index is 0.188. The van der Waals surface area contributed by atoms with E-state index >= 15 is 0 Å².